The van der Waals surface area contributed by atoms with E-state index in [0.717, 1.165) is 0 Å². The van der Waals surface area contributed by atoms with Gasteiger partial charge in [-0.05, 0) is 23.8 Å². The highest BCUT2D eigenvalue weighted by atomic mass is 35.5. The van der Waals surface area contributed by atoms with E-state index in [1.54, 1.807) is 30.3 Å². The highest BCUT2D eigenvalue weighted by Crippen LogP contribution is 2.38. The normalized spacial score (nSPS) is 10.8. The van der Waals surface area contributed by atoms with Gasteiger partial charge in [-0.2, -0.15) is 8.78 Å². The lowest BCUT2D eigenvalue weighted by molar-refractivity contribution is -0.0494. The molecule has 0 N–H and O–H groups in total. The van der Waals surface area contributed by atoms with Crippen molar-refractivity contribution in [3.05, 3.63) is 51.5 Å². The molecule has 0 atom stereocenters. The van der Waals surface area contributed by atoms with Crippen molar-refractivity contribution >= 4 is 34.8 Å². The van der Waals surface area contributed by atoms with Crippen molar-refractivity contribution in [1.82, 2.24) is 0 Å². The van der Waals surface area contributed by atoms with Crippen LogP contribution in [0.3, 0.4) is 0 Å². The van der Waals surface area contributed by atoms with E-state index >= 15 is 0 Å². The van der Waals surface area contributed by atoms with Gasteiger partial charge in [0.25, 0.3) is 0 Å². The third-order valence-electron chi connectivity index (χ3n) is 2.40. The van der Waals surface area contributed by atoms with Crippen molar-refractivity contribution < 1.29 is 13.5 Å². The summed E-state index contributed by atoms with van der Waals surface area (Å²) in [6, 6.07) is 9.46. The first-order chi connectivity index (χ1) is 8.99. The first-order valence-electron chi connectivity index (χ1n) is 5.18. The van der Waals surface area contributed by atoms with E-state index < -0.39 is 6.61 Å². The van der Waals surface area contributed by atoms with Crippen LogP contribution >= 0.6 is 34.8 Å². The molecule has 0 radical (unpaired) electrons. The van der Waals surface area contributed by atoms with Crippen molar-refractivity contribution in [2.45, 2.75) is 6.61 Å². The minimum atomic E-state index is -2.90. The lowest BCUT2D eigenvalue weighted by Gasteiger charge is -2.11. The molecule has 2 aromatic carbocycles. The number of ether oxygens (including phenoxy) is 1. The van der Waals surface area contributed by atoms with Gasteiger partial charge in [0.05, 0.1) is 15.1 Å². The third kappa shape index (κ3) is 3.30. The number of hydrogen-bond acceptors (Lipinski definition) is 1. The molecule has 1 nitrogen and oxygen atoms in total. The molecule has 19 heavy (non-hydrogen) atoms. The summed E-state index contributed by atoms with van der Waals surface area (Å²) in [5, 5.41) is 0.714. The molecule has 2 aromatic rings. The number of halogens is 5. The van der Waals surface area contributed by atoms with Crippen molar-refractivity contribution in [2.75, 3.05) is 0 Å². The molecule has 0 aliphatic rings. The van der Waals surface area contributed by atoms with E-state index in [1.165, 1.54) is 6.07 Å². The van der Waals surface area contributed by atoms with Crippen LogP contribution in [-0.2, 0) is 0 Å². The maximum Gasteiger partial charge on any atom is 0.387 e. The van der Waals surface area contributed by atoms with Gasteiger partial charge in [-0.15, -0.1) is 0 Å². The molecule has 0 unspecified atom stereocenters. The zero-order valence-corrected chi connectivity index (χ0v) is 11.6. The van der Waals surface area contributed by atoms with E-state index in [4.69, 9.17) is 34.8 Å². The lowest BCUT2D eigenvalue weighted by atomic mass is 10.0. The van der Waals surface area contributed by atoms with Crippen molar-refractivity contribution in [3.63, 3.8) is 0 Å². The summed E-state index contributed by atoms with van der Waals surface area (Å²) in [6.45, 7) is -2.90. The molecule has 2 rings (SSSR count). The second-order valence-electron chi connectivity index (χ2n) is 3.63. The average molecular weight is 324 g/mol. The fourth-order valence-electron chi connectivity index (χ4n) is 1.61. The number of benzene rings is 2. The first kappa shape index (κ1) is 14.4. The smallest absolute Gasteiger partial charge is 0.387 e. The predicted molar refractivity (Wildman–Crippen MR) is 73.5 cm³/mol. The van der Waals surface area contributed by atoms with Gasteiger partial charge in [-0.3, -0.25) is 0 Å². The van der Waals surface area contributed by atoms with E-state index in [-0.39, 0.29) is 20.8 Å². The van der Waals surface area contributed by atoms with Gasteiger partial charge in [0.1, 0.15) is 5.75 Å². The molecule has 0 aromatic heterocycles. The maximum atomic E-state index is 12.3. The van der Waals surface area contributed by atoms with Crippen LogP contribution in [0.15, 0.2) is 36.4 Å². The largest absolute Gasteiger partial charge is 0.434 e. The Kier molecular flexibility index (Phi) is 4.50. The van der Waals surface area contributed by atoms with Gasteiger partial charge in [-0.1, -0.05) is 53.0 Å². The van der Waals surface area contributed by atoms with Crippen LogP contribution in [0.2, 0.25) is 15.1 Å². The van der Waals surface area contributed by atoms with E-state index in [9.17, 15) is 8.78 Å². The minimum Gasteiger partial charge on any atom is -0.434 e. The summed E-state index contributed by atoms with van der Waals surface area (Å²) < 4.78 is 29.1. The molecule has 0 fully saturated rings. The van der Waals surface area contributed by atoms with Gasteiger partial charge >= 0.3 is 6.61 Å². The van der Waals surface area contributed by atoms with Crippen LogP contribution < -0.4 is 4.74 Å². The molecule has 0 bridgehead atoms. The fraction of sp³-hybridized carbons (Fsp3) is 0.0769. The molecule has 0 amide bonds. The summed E-state index contributed by atoms with van der Waals surface area (Å²) in [5.74, 6) is 0.0481. The SMILES string of the molecule is FC(F)Oc1ccccc1-c1cc(Cl)c(Cl)c(Cl)c1. The molecular formula is C13H7Cl3F2O. The number of para-hydroxylation sites is 1. The molecule has 100 valence electrons. The Morgan fingerprint density at radius 2 is 1.53 bits per heavy atom. The topological polar surface area (TPSA) is 9.23 Å². The Hall–Kier alpha value is -1.03. The lowest BCUT2D eigenvalue weighted by Crippen LogP contribution is -2.03. The molecule has 0 aliphatic heterocycles. The van der Waals surface area contributed by atoms with Crippen LogP contribution in [0.1, 0.15) is 0 Å². The standard InChI is InChI=1S/C13H7Cl3F2O/c14-9-5-7(6-10(15)12(9)16)8-3-1-2-4-11(8)19-13(17)18/h1-6,13H. The second-order valence-corrected chi connectivity index (χ2v) is 4.82. The Morgan fingerprint density at radius 1 is 0.947 bits per heavy atom. The van der Waals surface area contributed by atoms with E-state index in [0.29, 0.717) is 11.1 Å². The van der Waals surface area contributed by atoms with Crippen molar-refractivity contribution in [2.24, 2.45) is 0 Å². The Morgan fingerprint density at radius 3 is 2.11 bits per heavy atom. The Bertz CT molecular complexity index is 579. The fourth-order valence-corrected chi connectivity index (χ4v) is 2.21. The summed E-state index contributed by atoms with van der Waals surface area (Å²) in [5.41, 5.74) is 1.01. The zero-order valence-electron chi connectivity index (χ0n) is 9.34. The quantitative estimate of drug-likeness (QED) is 0.637. The van der Waals surface area contributed by atoms with Crippen LogP contribution in [0.4, 0.5) is 8.78 Å². The van der Waals surface area contributed by atoms with Gasteiger partial charge in [0, 0.05) is 5.56 Å². The highest BCUT2D eigenvalue weighted by molar-refractivity contribution is 6.48. The maximum absolute atomic E-state index is 12.3. The second kappa shape index (κ2) is 5.95. The summed E-state index contributed by atoms with van der Waals surface area (Å²) in [7, 11) is 0. The van der Waals surface area contributed by atoms with Crippen LogP contribution in [-0.4, -0.2) is 6.61 Å². The van der Waals surface area contributed by atoms with E-state index in [2.05, 4.69) is 4.74 Å². The number of hydrogen-bond donors (Lipinski definition) is 0. The number of alkyl halides is 2. The van der Waals surface area contributed by atoms with Gasteiger partial charge in [0.2, 0.25) is 0 Å². The van der Waals surface area contributed by atoms with Crippen LogP contribution in [0, 0.1) is 0 Å². The van der Waals surface area contributed by atoms with Crippen LogP contribution in [0.5, 0.6) is 5.75 Å². The number of rotatable bonds is 3. The predicted octanol–water partition coefficient (Wildman–Crippen LogP) is 5.92. The van der Waals surface area contributed by atoms with Crippen molar-refractivity contribution in [3.8, 4) is 16.9 Å². The van der Waals surface area contributed by atoms with Crippen LogP contribution in [0.25, 0.3) is 11.1 Å². The zero-order chi connectivity index (χ0) is 14.0. The monoisotopic (exact) mass is 322 g/mol. The summed E-state index contributed by atoms with van der Waals surface area (Å²) in [6.07, 6.45) is 0. The molecule has 0 heterocycles. The molecular weight excluding hydrogens is 316 g/mol. The first-order valence-corrected chi connectivity index (χ1v) is 6.31. The molecule has 6 heteroatoms. The highest BCUT2D eigenvalue weighted by Gasteiger charge is 2.13. The average Bonchev–Trinajstić information content (AvgIpc) is 2.35. The summed E-state index contributed by atoms with van der Waals surface area (Å²) in [4.78, 5) is 0. The third-order valence-corrected chi connectivity index (χ3v) is 3.59. The van der Waals surface area contributed by atoms with E-state index in [1.807, 2.05) is 0 Å². The molecule has 0 saturated carbocycles. The minimum absolute atomic E-state index is 0.0481. The van der Waals surface area contributed by atoms with Crippen molar-refractivity contribution in [1.29, 1.82) is 0 Å². The Balaban J connectivity index is 2.53. The molecule has 0 aliphatic carbocycles. The van der Waals surface area contributed by atoms with Gasteiger partial charge in [0.15, 0.2) is 0 Å². The molecule has 0 saturated heterocycles. The molecule has 0 spiro atoms. The van der Waals surface area contributed by atoms with Gasteiger partial charge in [-0.25, -0.2) is 0 Å². The Labute approximate surface area is 123 Å². The van der Waals surface area contributed by atoms with Gasteiger partial charge < -0.3 is 4.74 Å². The summed E-state index contributed by atoms with van der Waals surface area (Å²) >= 11 is 17.7.